The summed E-state index contributed by atoms with van der Waals surface area (Å²) in [7, 11) is 0. The van der Waals surface area contributed by atoms with Gasteiger partial charge in [-0.05, 0) is 18.6 Å². The maximum Gasteiger partial charge on any atom is 0.0858 e. The smallest absolute Gasteiger partial charge is 0.0858 e. The highest BCUT2D eigenvalue weighted by atomic mass is 79.9. The summed E-state index contributed by atoms with van der Waals surface area (Å²) in [6.07, 6.45) is 10.9. The highest BCUT2D eigenvalue weighted by Crippen LogP contribution is 2.21. The SMILES string of the molecule is O[C@H]1COC[C@@H]1/C=C/C1C=C(Br)C=C=CC1. The molecule has 86 valence electrons. The molecule has 16 heavy (non-hydrogen) atoms. The third kappa shape index (κ3) is 3.19. The van der Waals surface area contributed by atoms with Crippen LogP contribution in [-0.4, -0.2) is 24.4 Å². The number of aliphatic hydroxyl groups excluding tert-OH is 1. The van der Waals surface area contributed by atoms with Crippen LogP contribution in [0.4, 0.5) is 0 Å². The Morgan fingerprint density at radius 1 is 1.44 bits per heavy atom. The van der Waals surface area contributed by atoms with Gasteiger partial charge in [0.05, 0.1) is 19.3 Å². The van der Waals surface area contributed by atoms with Gasteiger partial charge in [-0.2, -0.15) is 0 Å². The van der Waals surface area contributed by atoms with Gasteiger partial charge in [0.1, 0.15) is 0 Å². The van der Waals surface area contributed by atoms with Crippen LogP contribution in [0.2, 0.25) is 0 Å². The van der Waals surface area contributed by atoms with Crippen molar-refractivity contribution in [3.05, 3.63) is 40.6 Å². The van der Waals surface area contributed by atoms with Crippen LogP contribution in [0.15, 0.2) is 40.6 Å². The molecular formula is C13H15BrO2. The lowest BCUT2D eigenvalue weighted by molar-refractivity contribution is 0.123. The molecule has 3 heteroatoms. The fraction of sp³-hybridized carbons (Fsp3) is 0.462. The van der Waals surface area contributed by atoms with Crippen molar-refractivity contribution in [1.82, 2.24) is 0 Å². The Hall–Kier alpha value is -0.600. The quantitative estimate of drug-likeness (QED) is 0.623. The van der Waals surface area contributed by atoms with E-state index in [1.807, 2.05) is 12.2 Å². The fourth-order valence-electron chi connectivity index (χ4n) is 1.83. The summed E-state index contributed by atoms with van der Waals surface area (Å²) in [5.41, 5.74) is 3.09. The molecule has 1 fully saturated rings. The van der Waals surface area contributed by atoms with E-state index in [4.69, 9.17) is 4.74 Å². The van der Waals surface area contributed by atoms with E-state index in [0.717, 1.165) is 10.9 Å². The van der Waals surface area contributed by atoms with Crippen molar-refractivity contribution in [3.63, 3.8) is 0 Å². The number of rotatable bonds is 2. The first-order valence-electron chi connectivity index (χ1n) is 5.48. The van der Waals surface area contributed by atoms with Crippen molar-refractivity contribution in [2.45, 2.75) is 12.5 Å². The maximum atomic E-state index is 9.60. The second-order valence-corrected chi connectivity index (χ2v) is 5.04. The molecule has 3 atom stereocenters. The number of allylic oxidation sites excluding steroid dienone is 4. The van der Waals surface area contributed by atoms with E-state index >= 15 is 0 Å². The molecule has 0 aromatic rings. The molecule has 0 saturated carbocycles. The van der Waals surface area contributed by atoms with Crippen LogP contribution in [0.3, 0.4) is 0 Å². The van der Waals surface area contributed by atoms with E-state index in [0.29, 0.717) is 19.1 Å². The van der Waals surface area contributed by atoms with Crippen molar-refractivity contribution < 1.29 is 9.84 Å². The Morgan fingerprint density at radius 3 is 3.06 bits per heavy atom. The summed E-state index contributed by atoms with van der Waals surface area (Å²) in [6, 6.07) is 0. The topological polar surface area (TPSA) is 29.5 Å². The Kier molecular flexibility index (Phi) is 4.19. The van der Waals surface area contributed by atoms with Crippen molar-refractivity contribution in [3.8, 4) is 0 Å². The van der Waals surface area contributed by atoms with Crippen LogP contribution in [0.25, 0.3) is 0 Å². The molecule has 1 unspecified atom stereocenters. The lowest BCUT2D eigenvalue weighted by atomic mass is 10.00. The van der Waals surface area contributed by atoms with Crippen LogP contribution >= 0.6 is 15.9 Å². The first-order chi connectivity index (χ1) is 7.75. The van der Waals surface area contributed by atoms with Crippen LogP contribution in [-0.2, 0) is 4.74 Å². The summed E-state index contributed by atoms with van der Waals surface area (Å²) < 4.78 is 6.26. The van der Waals surface area contributed by atoms with Crippen molar-refractivity contribution in [1.29, 1.82) is 0 Å². The zero-order chi connectivity index (χ0) is 11.4. The molecule has 1 aliphatic carbocycles. The van der Waals surface area contributed by atoms with E-state index in [1.165, 1.54) is 0 Å². The molecule has 0 aromatic heterocycles. The molecule has 1 heterocycles. The van der Waals surface area contributed by atoms with Crippen molar-refractivity contribution in [2.75, 3.05) is 13.2 Å². The van der Waals surface area contributed by atoms with E-state index < -0.39 is 0 Å². The Balaban J connectivity index is 1.97. The van der Waals surface area contributed by atoms with Crippen molar-refractivity contribution in [2.24, 2.45) is 11.8 Å². The number of ether oxygens (including phenoxy) is 1. The number of hydrogen-bond acceptors (Lipinski definition) is 2. The Bertz CT molecular complexity index is 364. The highest BCUT2D eigenvalue weighted by molar-refractivity contribution is 9.11. The fourth-order valence-corrected chi connectivity index (χ4v) is 2.30. The molecule has 0 spiro atoms. The van der Waals surface area contributed by atoms with E-state index in [9.17, 15) is 5.11 Å². The molecule has 2 nitrogen and oxygen atoms in total. The van der Waals surface area contributed by atoms with E-state index in [2.05, 4.69) is 39.9 Å². The second kappa shape index (κ2) is 5.65. The third-order valence-corrected chi connectivity index (χ3v) is 3.29. The first kappa shape index (κ1) is 11.9. The summed E-state index contributed by atoms with van der Waals surface area (Å²) in [5, 5.41) is 9.60. The van der Waals surface area contributed by atoms with Gasteiger partial charge in [0.2, 0.25) is 0 Å². The number of hydrogen-bond donors (Lipinski definition) is 1. The van der Waals surface area contributed by atoms with E-state index in [1.54, 1.807) is 0 Å². The summed E-state index contributed by atoms with van der Waals surface area (Å²) in [5.74, 6) is 0.515. The third-order valence-electron chi connectivity index (χ3n) is 2.80. The summed E-state index contributed by atoms with van der Waals surface area (Å²) in [6.45, 7) is 1.09. The lowest BCUT2D eigenvalue weighted by Gasteiger charge is -2.08. The first-order valence-corrected chi connectivity index (χ1v) is 6.27. The molecule has 1 aliphatic heterocycles. The molecule has 0 radical (unpaired) electrons. The molecule has 0 bridgehead atoms. The Morgan fingerprint density at radius 2 is 2.31 bits per heavy atom. The highest BCUT2D eigenvalue weighted by Gasteiger charge is 2.23. The molecule has 1 N–H and O–H groups in total. The number of halogens is 1. The van der Waals surface area contributed by atoms with Crippen LogP contribution < -0.4 is 0 Å². The lowest BCUT2D eigenvalue weighted by Crippen LogP contribution is -2.15. The van der Waals surface area contributed by atoms with Gasteiger partial charge in [-0.25, -0.2) is 0 Å². The van der Waals surface area contributed by atoms with Crippen molar-refractivity contribution >= 4 is 15.9 Å². The number of aliphatic hydroxyl groups is 1. The van der Waals surface area contributed by atoms with Gasteiger partial charge in [-0.1, -0.05) is 34.2 Å². The minimum Gasteiger partial charge on any atom is -0.390 e. The molecule has 1 saturated heterocycles. The minimum atomic E-state index is -0.344. The van der Waals surface area contributed by atoms with Gasteiger partial charge < -0.3 is 9.84 Å². The minimum absolute atomic E-state index is 0.146. The zero-order valence-electron chi connectivity index (χ0n) is 8.97. The standard InChI is InChI=1S/C13H15BrO2/c14-12-4-2-1-3-10(7-12)5-6-11-8-16-9-13(11)15/h1,4-7,10-11,13,15H,3,8-9H2/b6-5+/t10?,11-,13-/m0/s1. The largest absolute Gasteiger partial charge is 0.390 e. The Labute approximate surface area is 104 Å². The average Bonchev–Trinajstić information content (AvgIpc) is 2.54. The monoisotopic (exact) mass is 282 g/mol. The predicted molar refractivity (Wildman–Crippen MR) is 67.2 cm³/mol. The molecule has 2 rings (SSSR count). The maximum absolute atomic E-state index is 9.60. The van der Waals surface area contributed by atoms with Gasteiger partial charge >= 0.3 is 0 Å². The van der Waals surface area contributed by atoms with Gasteiger partial charge in [-0.3, -0.25) is 0 Å². The van der Waals surface area contributed by atoms with Crippen LogP contribution in [0, 0.1) is 11.8 Å². The second-order valence-electron chi connectivity index (χ2n) is 4.12. The zero-order valence-corrected chi connectivity index (χ0v) is 10.6. The molecule has 2 aliphatic rings. The van der Waals surface area contributed by atoms with Gasteiger partial charge in [-0.15, -0.1) is 5.73 Å². The van der Waals surface area contributed by atoms with Crippen LogP contribution in [0.5, 0.6) is 0 Å². The van der Waals surface area contributed by atoms with Gasteiger partial charge in [0.15, 0.2) is 0 Å². The van der Waals surface area contributed by atoms with E-state index in [-0.39, 0.29) is 12.0 Å². The normalized spacial score (nSPS) is 34.4. The molecule has 0 amide bonds. The molecule has 0 aromatic carbocycles. The van der Waals surface area contributed by atoms with Gasteiger partial charge in [0.25, 0.3) is 0 Å². The summed E-state index contributed by atoms with van der Waals surface area (Å²) >= 11 is 3.46. The van der Waals surface area contributed by atoms with Crippen LogP contribution in [0.1, 0.15) is 6.42 Å². The average molecular weight is 283 g/mol. The molecular weight excluding hydrogens is 268 g/mol. The summed E-state index contributed by atoms with van der Waals surface area (Å²) in [4.78, 5) is 0. The van der Waals surface area contributed by atoms with Gasteiger partial charge in [0, 0.05) is 16.3 Å². The predicted octanol–water partition coefficient (Wildman–Crippen LogP) is 2.56.